The topological polar surface area (TPSA) is 69.2 Å². The molecule has 2 unspecified atom stereocenters. The fourth-order valence-corrected chi connectivity index (χ4v) is 5.43. The van der Waals surface area contributed by atoms with Crippen molar-refractivity contribution >= 4 is 35.8 Å². The van der Waals surface area contributed by atoms with Gasteiger partial charge in [-0.25, -0.2) is 0 Å². The summed E-state index contributed by atoms with van der Waals surface area (Å²) in [4.78, 5) is 21.8. The van der Waals surface area contributed by atoms with Crippen LogP contribution in [0.4, 0.5) is 0 Å². The second-order valence-corrected chi connectivity index (χ2v) is 9.14. The van der Waals surface area contributed by atoms with Crippen LogP contribution in [0.1, 0.15) is 58.8 Å². The minimum atomic E-state index is 0. The van der Waals surface area contributed by atoms with Gasteiger partial charge >= 0.3 is 0 Å². The van der Waals surface area contributed by atoms with Crippen LogP contribution in [0.2, 0.25) is 0 Å². The molecule has 2 atom stereocenters. The predicted octanol–water partition coefficient (Wildman–Crippen LogP) is 2.70. The third-order valence-electron chi connectivity index (χ3n) is 7.36. The number of likely N-dealkylation sites (tertiary alicyclic amines) is 1. The number of ether oxygens (including phenoxy) is 1. The zero-order valence-electron chi connectivity index (χ0n) is 19.8. The molecule has 3 fully saturated rings. The van der Waals surface area contributed by atoms with Crippen molar-refractivity contribution in [2.75, 3.05) is 53.0 Å². The summed E-state index contributed by atoms with van der Waals surface area (Å²) in [7, 11) is 1.84. The van der Waals surface area contributed by atoms with Crippen LogP contribution in [0.3, 0.4) is 0 Å². The number of aliphatic imine (C=N–C) groups is 1. The molecule has 0 aromatic carbocycles. The van der Waals surface area contributed by atoms with Crippen molar-refractivity contribution in [3.8, 4) is 0 Å². The van der Waals surface area contributed by atoms with Crippen LogP contribution in [0.25, 0.3) is 0 Å². The molecule has 3 aliphatic rings. The molecule has 2 N–H and O–H groups in total. The van der Waals surface area contributed by atoms with Crippen molar-refractivity contribution in [1.29, 1.82) is 0 Å². The molecule has 3 rings (SSSR count). The standard InChI is InChI=1S/C23H43N5O2.HI/c1-4-18(5-2)21(27-12-14-30-15-13-27)16-25-23(24-3)26-20-10-11-28(17-20)22(29)19-8-6-7-9-19;/h18-21H,4-17H2,1-3H3,(H2,24,25,26);1H. The number of nitrogens with zero attached hydrogens (tertiary/aromatic N) is 3. The minimum absolute atomic E-state index is 0. The molecule has 0 radical (unpaired) electrons. The molecule has 0 spiro atoms. The third-order valence-corrected chi connectivity index (χ3v) is 7.36. The quantitative estimate of drug-likeness (QED) is 0.277. The number of morpholine rings is 1. The van der Waals surface area contributed by atoms with E-state index in [4.69, 9.17) is 4.74 Å². The lowest BCUT2D eigenvalue weighted by molar-refractivity contribution is -0.134. The Morgan fingerprint density at radius 3 is 2.39 bits per heavy atom. The molecule has 31 heavy (non-hydrogen) atoms. The van der Waals surface area contributed by atoms with Crippen molar-refractivity contribution in [3.63, 3.8) is 0 Å². The fourth-order valence-electron chi connectivity index (χ4n) is 5.43. The van der Waals surface area contributed by atoms with Crippen molar-refractivity contribution < 1.29 is 9.53 Å². The number of carbonyl (C=O) groups excluding carboxylic acids is 1. The maximum atomic E-state index is 12.7. The molecule has 2 heterocycles. The van der Waals surface area contributed by atoms with Gasteiger partial charge in [0, 0.05) is 57.8 Å². The number of halogens is 1. The van der Waals surface area contributed by atoms with E-state index in [0.29, 0.717) is 17.9 Å². The molecule has 2 aliphatic heterocycles. The SMILES string of the molecule is CCC(CC)C(CNC(=NC)NC1CCN(C(=O)C2CCCC2)C1)N1CCOCC1.I. The van der Waals surface area contributed by atoms with Crippen LogP contribution in [0.5, 0.6) is 0 Å². The van der Waals surface area contributed by atoms with Crippen LogP contribution in [-0.4, -0.2) is 86.7 Å². The number of hydrogen-bond donors (Lipinski definition) is 2. The summed E-state index contributed by atoms with van der Waals surface area (Å²) >= 11 is 0. The summed E-state index contributed by atoms with van der Waals surface area (Å²) in [6.07, 6.45) is 7.95. The Labute approximate surface area is 206 Å². The second kappa shape index (κ2) is 13.8. The highest BCUT2D eigenvalue weighted by atomic mass is 127. The Balaban J connectivity index is 0.00000341. The van der Waals surface area contributed by atoms with Gasteiger partial charge in [0.2, 0.25) is 5.91 Å². The van der Waals surface area contributed by atoms with Gasteiger partial charge in [-0.1, -0.05) is 39.5 Å². The minimum Gasteiger partial charge on any atom is -0.379 e. The van der Waals surface area contributed by atoms with Crippen LogP contribution in [0, 0.1) is 11.8 Å². The van der Waals surface area contributed by atoms with Crippen molar-refractivity contribution in [2.45, 2.75) is 70.9 Å². The van der Waals surface area contributed by atoms with Crippen molar-refractivity contribution in [2.24, 2.45) is 16.8 Å². The molecule has 1 amide bonds. The Morgan fingerprint density at radius 1 is 1.10 bits per heavy atom. The van der Waals surface area contributed by atoms with Gasteiger partial charge in [-0.3, -0.25) is 14.7 Å². The highest BCUT2D eigenvalue weighted by Crippen LogP contribution is 2.28. The van der Waals surface area contributed by atoms with Gasteiger partial charge in [0.25, 0.3) is 0 Å². The average molecular weight is 550 g/mol. The predicted molar refractivity (Wildman–Crippen MR) is 137 cm³/mol. The fraction of sp³-hybridized carbons (Fsp3) is 0.913. The van der Waals surface area contributed by atoms with Crippen LogP contribution >= 0.6 is 24.0 Å². The zero-order chi connectivity index (χ0) is 21.3. The number of carbonyl (C=O) groups is 1. The van der Waals surface area contributed by atoms with E-state index in [-0.39, 0.29) is 35.9 Å². The van der Waals surface area contributed by atoms with E-state index in [1.165, 1.54) is 25.7 Å². The monoisotopic (exact) mass is 549 g/mol. The molecular formula is C23H44IN5O2. The maximum Gasteiger partial charge on any atom is 0.225 e. The highest BCUT2D eigenvalue weighted by molar-refractivity contribution is 14.0. The van der Waals surface area contributed by atoms with Gasteiger partial charge in [-0.2, -0.15) is 0 Å². The van der Waals surface area contributed by atoms with Crippen LogP contribution in [0.15, 0.2) is 4.99 Å². The summed E-state index contributed by atoms with van der Waals surface area (Å²) in [6, 6.07) is 0.781. The lowest BCUT2D eigenvalue weighted by Gasteiger charge is -2.39. The molecule has 0 bridgehead atoms. The lowest BCUT2D eigenvalue weighted by Crippen LogP contribution is -2.54. The van der Waals surface area contributed by atoms with Gasteiger partial charge in [0.1, 0.15) is 0 Å². The Morgan fingerprint density at radius 2 is 1.77 bits per heavy atom. The maximum absolute atomic E-state index is 12.7. The van der Waals surface area contributed by atoms with E-state index in [1.807, 2.05) is 7.05 Å². The van der Waals surface area contributed by atoms with Crippen LogP contribution in [-0.2, 0) is 9.53 Å². The van der Waals surface area contributed by atoms with E-state index in [1.54, 1.807) is 0 Å². The van der Waals surface area contributed by atoms with Gasteiger partial charge in [0.05, 0.1) is 13.2 Å². The van der Waals surface area contributed by atoms with Gasteiger partial charge in [-0.05, 0) is 25.2 Å². The normalized spacial score (nSPS) is 24.3. The zero-order valence-corrected chi connectivity index (χ0v) is 22.1. The number of nitrogens with one attached hydrogen (secondary N) is 2. The number of rotatable bonds is 8. The van der Waals surface area contributed by atoms with E-state index >= 15 is 0 Å². The third kappa shape index (κ3) is 7.45. The van der Waals surface area contributed by atoms with E-state index in [2.05, 4.69) is 39.3 Å². The first-order valence-corrected chi connectivity index (χ1v) is 12.2. The first-order valence-electron chi connectivity index (χ1n) is 12.2. The molecule has 0 aromatic rings. The molecule has 8 heteroatoms. The van der Waals surface area contributed by atoms with Crippen molar-refractivity contribution in [1.82, 2.24) is 20.4 Å². The van der Waals surface area contributed by atoms with Gasteiger partial charge in [0.15, 0.2) is 5.96 Å². The van der Waals surface area contributed by atoms with E-state index < -0.39 is 0 Å². The first-order chi connectivity index (χ1) is 14.7. The molecule has 180 valence electrons. The average Bonchev–Trinajstić information content (AvgIpc) is 3.48. The molecule has 7 nitrogen and oxygen atoms in total. The van der Waals surface area contributed by atoms with E-state index in [9.17, 15) is 4.79 Å². The summed E-state index contributed by atoms with van der Waals surface area (Å²) < 4.78 is 5.57. The van der Waals surface area contributed by atoms with Gasteiger partial charge in [-0.15, -0.1) is 24.0 Å². The van der Waals surface area contributed by atoms with Gasteiger partial charge < -0.3 is 20.3 Å². The van der Waals surface area contributed by atoms with Crippen LogP contribution < -0.4 is 10.6 Å². The van der Waals surface area contributed by atoms with Crippen molar-refractivity contribution in [3.05, 3.63) is 0 Å². The molecule has 1 aliphatic carbocycles. The summed E-state index contributed by atoms with van der Waals surface area (Å²) in [6.45, 7) is 10.8. The Kier molecular flexibility index (Phi) is 11.9. The smallest absolute Gasteiger partial charge is 0.225 e. The largest absolute Gasteiger partial charge is 0.379 e. The number of amides is 1. The first kappa shape index (κ1) is 26.6. The summed E-state index contributed by atoms with van der Waals surface area (Å²) in [5.41, 5.74) is 0. The highest BCUT2D eigenvalue weighted by Gasteiger charge is 2.33. The molecule has 1 saturated carbocycles. The summed E-state index contributed by atoms with van der Waals surface area (Å²) in [5, 5.41) is 7.17. The Hall–Kier alpha value is -0.610. The lowest BCUT2D eigenvalue weighted by atomic mass is 9.92. The molecule has 0 aromatic heterocycles. The number of guanidine groups is 1. The van der Waals surface area contributed by atoms with E-state index in [0.717, 1.165) is 71.2 Å². The Bertz CT molecular complexity index is 560. The number of hydrogen-bond acceptors (Lipinski definition) is 4. The molecule has 2 saturated heterocycles. The molecular weight excluding hydrogens is 505 g/mol. The second-order valence-electron chi connectivity index (χ2n) is 9.14. The summed E-state index contributed by atoms with van der Waals surface area (Å²) in [5.74, 6) is 2.18.